The standard InChI is InChI=1S/C27H15BF18O3/c1-21(49-28(47)48,13-6-14(24(35,36)37)8-15(7-13)25(38,39)40)20(16-9-11(22(29,30)31)2-4-18(16)26(41,42)43)17-10-12(23(32,33)34)3-5-19(17)27(44,45)46/h2-10,20,47-48H,1H3. The molecule has 3 aromatic rings. The van der Waals surface area contributed by atoms with Crippen molar-refractivity contribution in [3.05, 3.63) is 105 Å². The lowest BCUT2D eigenvalue weighted by Crippen LogP contribution is -2.42. The molecule has 0 aliphatic carbocycles. The number of hydrogen-bond acceptors (Lipinski definition) is 3. The maximum atomic E-state index is 14.3. The molecule has 3 aromatic carbocycles. The second kappa shape index (κ2) is 12.6. The summed E-state index contributed by atoms with van der Waals surface area (Å²) in [6, 6.07) is -3.83. The van der Waals surface area contributed by atoms with Crippen molar-refractivity contribution < 1.29 is 93.7 Å². The molecular weight excluding hydrogens is 725 g/mol. The van der Waals surface area contributed by atoms with Gasteiger partial charge in [0.15, 0.2) is 0 Å². The van der Waals surface area contributed by atoms with Crippen molar-refractivity contribution in [2.45, 2.75) is 55.5 Å². The molecule has 0 saturated heterocycles. The summed E-state index contributed by atoms with van der Waals surface area (Å²) in [5.74, 6) is -3.57. The molecule has 49 heavy (non-hydrogen) atoms. The van der Waals surface area contributed by atoms with Crippen molar-refractivity contribution in [3.63, 3.8) is 0 Å². The number of rotatable bonds is 6. The third kappa shape index (κ3) is 8.75. The fourth-order valence-corrected chi connectivity index (χ4v) is 5.00. The Kier molecular flexibility index (Phi) is 10.2. The number of halogens is 18. The van der Waals surface area contributed by atoms with E-state index in [1.54, 1.807) is 0 Å². The predicted molar refractivity (Wildman–Crippen MR) is 130 cm³/mol. The van der Waals surface area contributed by atoms with E-state index in [9.17, 15) is 89.1 Å². The van der Waals surface area contributed by atoms with Crippen LogP contribution in [0.1, 0.15) is 62.9 Å². The summed E-state index contributed by atoms with van der Waals surface area (Å²) in [5, 5.41) is 19.3. The highest BCUT2D eigenvalue weighted by molar-refractivity contribution is 6.32. The lowest BCUT2D eigenvalue weighted by molar-refractivity contribution is -0.144. The van der Waals surface area contributed by atoms with Gasteiger partial charge >= 0.3 is 44.4 Å². The summed E-state index contributed by atoms with van der Waals surface area (Å²) < 4.78 is 256. The lowest BCUT2D eigenvalue weighted by Gasteiger charge is -2.41. The molecule has 3 nitrogen and oxygen atoms in total. The van der Waals surface area contributed by atoms with Gasteiger partial charge in [0.2, 0.25) is 0 Å². The first-order valence-electron chi connectivity index (χ1n) is 12.7. The van der Waals surface area contributed by atoms with Gasteiger partial charge < -0.3 is 14.7 Å². The molecular formula is C27H15BF18O3. The zero-order chi connectivity index (χ0) is 37.9. The van der Waals surface area contributed by atoms with Gasteiger partial charge in [-0.1, -0.05) is 0 Å². The van der Waals surface area contributed by atoms with E-state index < -0.39 is 136 Å². The van der Waals surface area contributed by atoms with Crippen molar-refractivity contribution in [2.24, 2.45) is 0 Å². The first-order chi connectivity index (χ1) is 21.8. The van der Waals surface area contributed by atoms with Gasteiger partial charge in [0.25, 0.3) is 0 Å². The third-order valence-electron chi connectivity index (χ3n) is 7.05. The smallest absolute Gasteiger partial charge is 0.402 e. The van der Waals surface area contributed by atoms with Crippen molar-refractivity contribution in [3.8, 4) is 0 Å². The zero-order valence-corrected chi connectivity index (χ0v) is 23.5. The molecule has 0 aromatic heterocycles. The van der Waals surface area contributed by atoms with Gasteiger partial charge in [-0.3, -0.25) is 0 Å². The molecule has 2 N–H and O–H groups in total. The number of benzene rings is 3. The molecule has 0 saturated carbocycles. The molecule has 270 valence electrons. The van der Waals surface area contributed by atoms with Crippen molar-refractivity contribution in [1.29, 1.82) is 0 Å². The van der Waals surface area contributed by atoms with Crippen LogP contribution < -0.4 is 0 Å². The summed E-state index contributed by atoms with van der Waals surface area (Å²) >= 11 is 0. The van der Waals surface area contributed by atoms with Crippen LogP contribution >= 0.6 is 0 Å². The van der Waals surface area contributed by atoms with E-state index in [-0.39, 0.29) is 31.2 Å². The molecule has 0 heterocycles. The van der Waals surface area contributed by atoms with Gasteiger partial charge in [-0.25, -0.2) is 0 Å². The molecule has 0 aliphatic heterocycles. The maximum Gasteiger partial charge on any atom is 0.634 e. The van der Waals surface area contributed by atoms with E-state index in [4.69, 9.17) is 0 Å². The normalized spacial score (nSPS) is 15.1. The Labute approximate surface area is 261 Å². The number of alkyl halides is 18. The first kappa shape index (κ1) is 39.8. The van der Waals surface area contributed by atoms with E-state index in [2.05, 4.69) is 4.65 Å². The number of hydrogen-bond donors (Lipinski definition) is 2. The van der Waals surface area contributed by atoms with E-state index >= 15 is 0 Å². The van der Waals surface area contributed by atoms with Gasteiger partial charge in [-0.05, 0) is 78.2 Å². The van der Waals surface area contributed by atoms with Crippen LogP contribution in [0, 0.1) is 0 Å². The molecule has 1 unspecified atom stereocenters. The van der Waals surface area contributed by atoms with Crippen LogP contribution in [0.25, 0.3) is 0 Å². The van der Waals surface area contributed by atoms with Crippen molar-refractivity contribution in [2.75, 3.05) is 0 Å². The van der Waals surface area contributed by atoms with Crippen molar-refractivity contribution >= 4 is 7.32 Å². The summed E-state index contributed by atoms with van der Waals surface area (Å²) in [4.78, 5) is 0. The SMILES string of the molecule is CC(OB(O)O)(c1cc(C(F)(F)F)cc(C(F)(F)F)c1)C(c1cc(C(F)(F)F)ccc1C(F)(F)F)c1cc(C(F)(F)F)ccc1C(F)(F)F. The Hall–Kier alpha value is -3.66. The van der Waals surface area contributed by atoms with Gasteiger partial charge in [0.1, 0.15) is 0 Å². The summed E-state index contributed by atoms with van der Waals surface area (Å²) in [7, 11) is -3.56. The van der Waals surface area contributed by atoms with Crippen LogP contribution in [0.2, 0.25) is 0 Å². The average molecular weight is 740 g/mol. The zero-order valence-electron chi connectivity index (χ0n) is 23.5. The van der Waals surface area contributed by atoms with E-state index in [1.807, 2.05) is 0 Å². The Morgan fingerprint density at radius 3 is 1.02 bits per heavy atom. The molecule has 0 radical (unpaired) electrons. The van der Waals surface area contributed by atoms with Crippen molar-refractivity contribution in [1.82, 2.24) is 0 Å². The average Bonchev–Trinajstić information content (AvgIpc) is 2.89. The Morgan fingerprint density at radius 1 is 0.449 bits per heavy atom. The fraction of sp³-hybridized carbons (Fsp3) is 0.333. The molecule has 0 bridgehead atoms. The fourth-order valence-electron chi connectivity index (χ4n) is 5.00. The van der Waals surface area contributed by atoms with Crippen LogP contribution in [0.4, 0.5) is 79.0 Å². The molecule has 0 aliphatic rings. The van der Waals surface area contributed by atoms with Crippen LogP contribution in [-0.2, 0) is 47.3 Å². The second-order valence-electron chi connectivity index (χ2n) is 10.4. The van der Waals surface area contributed by atoms with Gasteiger partial charge in [-0.2, -0.15) is 79.0 Å². The van der Waals surface area contributed by atoms with E-state index in [0.717, 1.165) is 0 Å². The third-order valence-corrected chi connectivity index (χ3v) is 7.05. The van der Waals surface area contributed by atoms with Crippen LogP contribution in [-0.4, -0.2) is 17.4 Å². The second-order valence-corrected chi connectivity index (χ2v) is 10.4. The molecule has 0 fully saturated rings. The molecule has 0 spiro atoms. The van der Waals surface area contributed by atoms with Crippen LogP contribution in [0.3, 0.4) is 0 Å². The summed E-state index contributed by atoms with van der Waals surface area (Å²) in [5.41, 5.74) is -23.7. The first-order valence-corrected chi connectivity index (χ1v) is 12.7. The predicted octanol–water partition coefficient (Wildman–Crippen LogP) is 9.83. The Morgan fingerprint density at radius 2 is 0.755 bits per heavy atom. The summed E-state index contributed by atoms with van der Waals surface area (Å²) in [6.45, 7) is 0.0492. The topological polar surface area (TPSA) is 49.7 Å². The lowest BCUT2D eigenvalue weighted by atomic mass is 9.70. The quantitative estimate of drug-likeness (QED) is 0.196. The highest BCUT2D eigenvalue weighted by atomic mass is 19.4. The molecule has 1 atom stereocenters. The summed E-state index contributed by atoms with van der Waals surface area (Å²) in [6.07, 6.45) is -34.8. The minimum absolute atomic E-state index is 0.0492. The monoisotopic (exact) mass is 740 g/mol. The van der Waals surface area contributed by atoms with E-state index in [1.165, 1.54) is 0 Å². The van der Waals surface area contributed by atoms with Gasteiger partial charge in [-0.15, -0.1) is 0 Å². The molecule has 0 amide bonds. The maximum absolute atomic E-state index is 14.3. The Bertz CT molecular complexity index is 1560. The highest BCUT2D eigenvalue weighted by Gasteiger charge is 2.52. The van der Waals surface area contributed by atoms with E-state index in [0.29, 0.717) is 0 Å². The molecule has 22 heteroatoms. The van der Waals surface area contributed by atoms with Crippen LogP contribution in [0.5, 0.6) is 0 Å². The van der Waals surface area contributed by atoms with Gasteiger partial charge in [0, 0.05) is 5.92 Å². The Balaban J connectivity index is 2.79. The minimum atomic E-state index is -5.93. The highest BCUT2D eigenvalue weighted by Crippen LogP contribution is 2.54. The minimum Gasteiger partial charge on any atom is -0.402 e. The molecule has 3 rings (SSSR count). The largest absolute Gasteiger partial charge is 0.634 e. The van der Waals surface area contributed by atoms with Crippen LogP contribution in [0.15, 0.2) is 54.6 Å². The van der Waals surface area contributed by atoms with Gasteiger partial charge in [0.05, 0.1) is 39.0 Å².